The van der Waals surface area contributed by atoms with Crippen LogP contribution in [0.2, 0.25) is 0 Å². The summed E-state index contributed by atoms with van der Waals surface area (Å²) in [4.78, 5) is 0. The number of ether oxygens (including phenoxy) is 1. The van der Waals surface area contributed by atoms with Crippen molar-refractivity contribution in [1.29, 1.82) is 0 Å². The zero-order valence-corrected chi connectivity index (χ0v) is 9.78. The van der Waals surface area contributed by atoms with Crippen LogP contribution in [0.5, 0.6) is 11.5 Å². The molecule has 0 radical (unpaired) electrons. The predicted molar refractivity (Wildman–Crippen MR) is 63.5 cm³/mol. The Morgan fingerprint density at radius 1 is 1.11 bits per heavy atom. The molecule has 94 valence electrons. The molecule has 0 aromatic heterocycles. The third-order valence-electron chi connectivity index (χ3n) is 2.45. The molecule has 0 heterocycles. The van der Waals surface area contributed by atoms with Crippen LogP contribution in [-0.2, 0) is 6.61 Å². The molecule has 0 amide bonds. The summed E-state index contributed by atoms with van der Waals surface area (Å²) in [5.74, 6) is -1.76. The molecular weight excluding hydrogens is 238 g/mol. The maximum absolute atomic E-state index is 13.6. The molecule has 0 unspecified atom stereocenters. The molecule has 0 atom stereocenters. The minimum Gasteiger partial charge on any atom is -0.451 e. The van der Waals surface area contributed by atoms with Gasteiger partial charge in [-0.05, 0) is 42.3 Å². The average Bonchev–Trinajstić information content (AvgIpc) is 2.33. The van der Waals surface area contributed by atoms with Crippen molar-refractivity contribution in [3.63, 3.8) is 0 Å². The second kappa shape index (κ2) is 5.14. The topological polar surface area (TPSA) is 29.5 Å². The monoisotopic (exact) mass is 250 g/mol. The molecule has 2 aromatic carbocycles. The summed E-state index contributed by atoms with van der Waals surface area (Å²) in [5, 5.41) is 8.83. The summed E-state index contributed by atoms with van der Waals surface area (Å²) in [6.07, 6.45) is 0. The van der Waals surface area contributed by atoms with Crippen molar-refractivity contribution in [2.45, 2.75) is 13.5 Å². The molecule has 0 aliphatic carbocycles. The molecule has 0 spiro atoms. The molecule has 2 rings (SSSR count). The minimum atomic E-state index is -0.833. The van der Waals surface area contributed by atoms with Crippen molar-refractivity contribution >= 4 is 0 Å². The Morgan fingerprint density at radius 2 is 1.78 bits per heavy atom. The smallest absolute Gasteiger partial charge is 0.198 e. The van der Waals surface area contributed by atoms with Crippen LogP contribution in [0.1, 0.15) is 11.1 Å². The van der Waals surface area contributed by atoms with Crippen LogP contribution >= 0.6 is 0 Å². The van der Waals surface area contributed by atoms with Gasteiger partial charge in [0.25, 0.3) is 0 Å². The lowest BCUT2D eigenvalue weighted by Crippen LogP contribution is -1.96. The zero-order chi connectivity index (χ0) is 13.1. The number of hydrogen-bond acceptors (Lipinski definition) is 2. The largest absolute Gasteiger partial charge is 0.451 e. The SMILES string of the molecule is Cc1cccc(Oc2c(F)cc(CO)cc2F)c1. The number of aliphatic hydroxyl groups excluding tert-OH is 1. The minimum absolute atomic E-state index is 0.168. The maximum Gasteiger partial charge on any atom is 0.198 e. The van der Waals surface area contributed by atoms with Crippen molar-refractivity contribution in [2.75, 3.05) is 0 Å². The first kappa shape index (κ1) is 12.5. The molecule has 0 saturated carbocycles. The Kier molecular flexibility index (Phi) is 3.58. The molecule has 0 saturated heterocycles. The molecule has 0 aliphatic heterocycles. The Morgan fingerprint density at radius 3 is 2.33 bits per heavy atom. The van der Waals surface area contributed by atoms with Gasteiger partial charge in [0.1, 0.15) is 5.75 Å². The van der Waals surface area contributed by atoms with Crippen LogP contribution in [0.15, 0.2) is 36.4 Å². The average molecular weight is 250 g/mol. The number of aryl methyl sites for hydroxylation is 1. The summed E-state index contributed by atoms with van der Waals surface area (Å²) in [5.41, 5.74) is 1.10. The zero-order valence-electron chi connectivity index (χ0n) is 9.78. The normalized spacial score (nSPS) is 10.4. The van der Waals surface area contributed by atoms with E-state index in [1.165, 1.54) is 0 Å². The first-order valence-electron chi connectivity index (χ1n) is 5.43. The summed E-state index contributed by atoms with van der Waals surface area (Å²) >= 11 is 0. The first-order valence-corrected chi connectivity index (χ1v) is 5.43. The number of halogens is 2. The van der Waals surface area contributed by atoms with Crippen molar-refractivity contribution < 1.29 is 18.6 Å². The van der Waals surface area contributed by atoms with Gasteiger partial charge in [-0.1, -0.05) is 12.1 Å². The van der Waals surface area contributed by atoms with Crippen molar-refractivity contribution in [1.82, 2.24) is 0 Å². The van der Waals surface area contributed by atoms with Crippen LogP contribution in [0, 0.1) is 18.6 Å². The molecule has 18 heavy (non-hydrogen) atoms. The van der Waals surface area contributed by atoms with Gasteiger partial charge in [0.15, 0.2) is 17.4 Å². The molecular formula is C14H12F2O2. The number of aliphatic hydroxyl groups is 1. The van der Waals surface area contributed by atoms with Crippen LogP contribution in [-0.4, -0.2) is 5.11 Å². The van der Waals surface area contributed by atoms with Gasteiger partial charge in [-0.2, -0.15) is 0 Å². The number of benzene rings is 2. The van der Waals surface area contributed by atoms with E-state index in [4.69, 9.17) is 9.84 Å². The summed E-state index contributed by atoms with van der Waals surface area (Å²) in [7, 11) is 0. The highest BCUT2D eigenvalue weighted by atomic mass is 19.1. The van der Waals surface area contributed by atoms with E-state index in [2.05, 4.69) is 0 Å². The Balaban J connectivity index is 2.35. The van der Waals surface area contributed by atoms with Gasteiger partial charge < -0.3 is 9.84 Å². The van der Waals surface area contributed by atoms with E-state index in [1.807, 2.05) is 13.0 Å². The molecule has 4 heteroatoms. The van der Waals surface area contributed by atoms with E-state index in [-0.39, 0.29) is 5.56 Å². The number of hydrogen-bond donors (Lipinski definition) is 1. The van der Waals surface area contributed by atoms with Gasteiger partial charge in [-0.25, -0.2) is 8.78 Å². The van der Waals surface area contributed by atoms with Crippen LogP contribution < -0.4 is 4.74 Å². The van der Waals surface area contributed by atoms with E-state index in [9.17, 15) is 8.78 Å². The lowest BCUT2D eigenvalue weighted by molar-refractivity contribution is 0.279. The lowest BCUT2D eigenvalue weighted by atomic mass is 10.2. The van der Waals surface area contributed by atoms with Gasteiger partial charge in [0.05, 0.1) is 6.61 Å². The highest BCUT2D eigenvalue weighted by molar-refractivity contribution is 5.37. The molecule has 0 bridgehead atoms. The summed E-state index contributed by atoms with van der Waals surface area (Å²) < 4.78 is 32.4. The van der Waals surface area contributed by atoms with Crippen LogP contribution in [0.3, 0.4) is 0 Å². The standard InChI is InChI=1S/C14H12F2O2/c1-9-3-2-4-11(5-9)18-14-12(15)6-10(8-17)7-13(14)16/h2-7,17H,8H2,1H3. The Labute approximate surface area is 103 Å². The predicted octanol–water partition coefficient (Wildman–Crippen LogP) is 3.56. The van der Waals surface area contributed by atoms with E-state index in [1.54, 1.807) is 18.2 Å². The van der Waals surface area contributed by atoms with Gasteiger partial charge in [0.2, 0.25) is 0 Å². The van der Waals surface area contributed by atoms with Crippen LogP contribution in [0.25, 0.3) is 0 Å². The Hall–Kier alpha value is -1.94. The van der Waals surface area contributed by atoms with E-state index in [0.717, 1.165) is 17.7 Å². The van der Waals surface area contributed by atoms with Gasteiger partial charge in [0, 0.05) is 0 Å². The van der Waals surface area contributed by atoms with E-state index < -0.39 is 24.0 Å². The van der Waals surface area contributed by atoms with Gasteiger partial charge in [-0.15, -0.1) is 0 Å². The van der Waals surface area contributed by atoms with Crippen molar-refractivity contribution in [3.8, 4) is 11.5 Å². The van der Waals surface area contributed by atoms with Gasteiger partial charge >= 0.3 is 0 Å². The number of rotatable bonds is 3. The van der Waals surface area contributed by atoms with Crippen LogP contribution in [0.4, 0.5) is 8.78 Å². The quantitative estimate of drug-likeness (QED) is 0.902. The highest BCUT2D eigenvalue weighted by Gasteiger charge is 2.13. The second-order valence-electron chi connectivity index (χ2n) is 3.97. The third kappa shape index (κ3) is 2.65. The summed E-state index contributed by atoms with van der Waals surface area (Å²) in [6.45, 7) is 1.44. The molecule has 0 aliphatic rings. The molecule has 2 aromatic rings. The molecule has 0 fully saturated rings. The maximum atomic E-state index is 13.6. The first-order chi connectivity index (χ1) is 8.60. The third-order valence-corrected chi connectivity index (χ3v) is 2.45. The molecule has 1 N–H and O–H groups in total. The van der Waals surface area contributed by atoms with E-state index >= 15 is 0 Å². The van der Waals surface area contributed by atoms with E-state index in [0.29, 0.717) is 5.75 Å². The fraction of sp³-hybridized carbons (Fsp3) is 0.143. The Bertz CT molecular complexity index is 544. The van der Waals surface area contributed by atoms with Crippen molar-refractivity contribution in [3.05, 3.63) is 59.2 Å². The second-order valence-corrected chi connectivity index (χ2v) is 3.97. The lowest BCUT2D eigenvalue weighted by Gasteiger charge is -2.09. The fourth-order valence-electron chi connectivity index (χ4n) is 1.60. The highest BCUT2D eigenvalue weighted by Crippen LogP contribution is 2.29. The van der Waals surface area contributed by atoms with Gasteiger partial charge in [-0.3, -0.25) is 0 Å². The van der Waals surface area contributed by atoms with Crippen molar-refractivity contribution in [2.24, 2.45) is 0 Å². The molecule has 2 nitrogen and oxygen atoms in total. The summed E-state index contributed by atoms with van der Waals surface area (Å²) in [6, 6.07) is 8.99. The fourth-order valence-corrected chi connectivity index (χ4v) is 1.60.